The van der Waals surface area contributed by atoms with Crippen LogP contribution in [0.3, 0.4) is 0 Å². The molecule has 132 valence electrons. The highest BCUT2D eigenvalue weighted by Crippen LogP contribution is 2.46. The van der Waals surface area contributed by atoms with Gasteiger partial charge in [-0.2, -0.15) is 4.99 Å². The quantitative estimate of drug-likeness (QED) is 0.681. The maximum atomic E-state index is 12.8. The number of fused-ring (bicyclic) bond motifs is 1. The fraction of sp³-hybridized carbons (Fsp3) is 0.300. The molecule has 2 amide bonds. The molecule has 0 spiro atoms. The minimum absolute atomic E-state index is 0.121. The number of nitrogens with zero attached hydrogens (tertiary/aromatic N) is 3. The summed E-state index contributed by atoms with van der Waals surface area (Å²) in [6, 6.07) is 9.08. The molecule has 1 aliphatic heterocycles. The molecule has 2 N–H and O–H groups in total. The number of rotatable bonds is 3. The van der Waals surface area contributed by atoms with Crippen LogP contribution in [0.25, 0.3) is 0 Å². The molecular weight excluding hydrogens is 328 g/mol. The van der Waals surface area contributed by atoms with E-state index in [1.165, 1.54) is 12.4 Å². The minimum Gasteiger partial charge on any atom is -0.383 e. The maximum absolute atomic E-state index is 12.8. The summed E-state index contributed by atoms with van der Waals surface area (Å²) in [5.41, 5.74) is 8.48. The van der Waals surface area contributed by atoms with Crippen LogP contribution in [0.15, 0.2) is 47.7 Å². The molecule has 0 unspecified atom stereocenters. The molecule has 0 bridgehead atoms. The van der Waals surface area contributed by atoms with Crippen molar-refractivity contribution in [2.45, 2.75) is 38.1 Å². The molecule has 6 nitrogen and oxygen atoms in total. The number of amides is 2. The summed E-state index contributed by atoms with van der Waals surface area (Å²) in [4.78, 5) is 34.8. The second-order valence-electron chi connectivity index (χ2n) is 7.30. The van der Waals surface area contributed by atoms with Gasteiger partial charge in [-0.1, -0.05) is 12.1 Å². The number of carbonyl (C=O) groups is 2. The second kappa shape index (κ2) is 5.76. The normalized spacial score (nSPS) is 18.8. The van der Waals surface area contributed by atoms with Crippen molar-refractivity contribution in [2.24, 2.45) is 10.7 Å². The van der Waals surface area contributed by atoms with Crippen molar-refractivity contribution < 1.29 is 9.59 Å². The number of hydrogen-bond donors (Lipinski definition) is 1. The van der Waals surface area contributed by atoms with Gasteiger partial charge < -0.3 is 10.6 Å². The van der Waals surface area contributed by atoms with Crippen LogP contribution in [0.2, 0.25) is 0 Å². The Bertz CT molecular complexity index is 930. The number of hydrogen-bond acceptors (Lipinski definition) is 3. The average molecular weight is 348 g/mol. The molecule has 26 heavy (non-hydrogen) atoms. The molecule has 2 aromatic rings. The number of amidine groups is 1. The first kappa shape index (κ1) is 16.4. The third kappa shape index (κ3) is 2.58. The number of aromatic nitrogens is 1. The summed E-state index contributed by atoms with van der Waals surface area (Å²) in [6.45, 7) is 3.89. The van der Waals surface area contributed by atoms with E-state index in [4.69, 9.17) is 5.73 Å². The van der Waals surface area contributed by atoms with Gasteiger partial charge in [-0.25, -0.2) is 0 Å². The van der Waals surface area contributed by atoms with Gasteiger partial charge >= 0.3 is 0 Å². The van der Waals surface area contributed by atoms with Crippen LogP contribution in [0.4, 0.5) is 5.69 Å². The Labute approximate surface area is 151 Å². The molecular formula is C20H20N4O2. The van der Waals surface area contributed by atoms with E-state index < -0.39 is 11.3 Å². The Morgan fingerprint density at radius 2 is 1.88 bits per heavy atom. The highest BCUT2D eigenvalue weighted by atomic mass is 16.2. The lowest BCUT2D eigenvalue weighted by molar-refractivity contribution is -0.122. The minimum atomic E-state index is -0.546. The van der Waals surface area contributed by atoms with Crippen LogP contribution in [0.5, 0.6) is 0 Å². The molecule has 1 aromatic heterocycles. The largest absolute Gasteiger partial charge is 0.383 e. The Morgan fingerprint density at radius 3 is 2.54 bits per heavy atom. The van der Waals surface area contributed by atoms with Crippen molar-refractivity contribution in [2.75, 3.05) is 4.90 Å². The fourth-order valence-electron chi connectivity index (χ4n) is 3.37. The summed E-state index contributed by atoms with van der Waals surface area (Å²) < 4.78 is 0. The topological polar surface area (TPSA) is 88.6 Å². The molecule has 0 radical (unpaired) electrons. The lowest BCUT2D eigenvalue weighted by Crippen LogP contribution is -2.37. The van der Waals surface area contributed by atoms with E-state index in [-0.39, 0.29) is 17.8 Å². The van der Waals surface area contributed by atoms with Gasteiger partial charge in [0.2, 0.25) is 5.91 Å². The first-order chi connectivity index (χ1) is 12.4. The van der Waals surface area contributed by atoms with Crippen LogP contribution in [0, 0.1) is 0 Å². The summed E-state index contributed by atoms with van der Waals surface area (Å²) in [5, 5.41) is 0. The molecule has 0 atom stereocenters. The van der Waals surface area contributed by atoms with Gasteiger partial charge in [0.1, 0.15) is 5.84 Å². The van der Waals surface area contributed by atoms with E-state index in [1.807, 2.05) is 36.9 Å². The fourth-order valence-corrected chi connectivity index (χ4v) is 3.37. The van der Waals surface area contributed by atoms with E-state index in [9.17, 15) is 9.59 Å². The third-order valence-electron chi connectivity index (χ3n) is 5.04. The number of benzene rings is 1. The summed E-state index contributed by atoms with van der Waals surface area (Å²) >= 11 is 0. The second-order valence-corrected chi connectivity index (χ2v) is 7.30. The Balaban J connectivity index is 1.70. The highest BCUT2D eigenvalue weighted by molar-refractivity contribution is 6.12. The molecule has 2 heterocycles. The van der Waals surface area contributed by atoms with E-state index in [2.05, 4.69) is 9.98 Å². The van der Waals surface area contributed by atoms with Gasteiger partial charge in [0, 0.05) is 35.2 Å². The highest BCUT2D eigenvalue weighted by Gasteiger charge is 2.48. The van der Waals surface area contributed by atoms with E-state index in [1.54, 1.807) is 12.1 Å². The predicted molar refractivity (Wildman–Crippen MR) is 99.3 cm³/mol. The molecule has 1 aromatic carbocycles. The Hall–Kier alpha value is -3.02. The van der Waals surface area contributed by atoms with E-state index in [0.29, 0.717) is 11.1 Å². The molecule has 4 rings (SSSR count). The van der Waals surface area contributed by atoms with Gasteiger partial charge in [0.25, 0.3) is 5.91 Å². The number of pyridine rings is 1. The van der Waals surface area contributed by atoms with Gasteiger partial charge in [0.05, 0.1) is 5.41 Å². The summed E-state index contributed by atoms with van der Waals surface area (Å²) in [6.07, 6.45) is 5.12. The zero-order valence-electron chi connectivity index (χ0n) is 14.8. The SMILES string of the molecule is CC1(C)C(=O)N(C2CC2)c2cc(C(N)=NC(=O)c3ccncc3)ccc21. The van der Waals surface area contributed by atoms with Crippen molar-refractivity contribution in [3.05, 3.63) is 59.4 Å². The zero-order valence-corrected chi connectivity index (χ0v) is 14.8. The van der Waals surface area contributed by atoms with Crippen LogP contribution in [-0.2, 0) is 10.2 Å². The zero-order chi connectivity index (χ0) is 18.5. The Morgan fingerprint density at radius 1 is 1.19 bits per heavy atom. The van der Waals surface area contributed by atoms with E-state index >= 15 is 0 Å². The van der Waals surface area contributed by atoms with Crippen LogP contribution in [0.1, 0.15) is 48.2 Å². The lowest BCUT2D eigenvalue weighted by atomic mass is 9.86. The number of anilines is 1. The van der Waals surface area contributed by atoms with Crippen LogP contribution in [-0.4, -0.2) is 28.7 Å². The maximum Gasteiger partial charge on any atom is 0.279 e. The Kier molecular flexibility index (Phi) is 3.64. The lowest BCUT2D eigenvalue weighted by Gasteiger charge is -2.19. The van der Waals surface area contributed by atoms with Gasteiger partial charge in [0.15, 0.2) is 0 Å². The molecule has 2 aliphatic rings. The van der Waals surface area contributed by atoms with E-state index in [0.717, 1.165) is 24.1 Å². The first-order valence-corrected chi connectivity index (χ1v) is 8.66. The standard InChI is InChI=1S/C20H20N4O2/c1-20(2)15-6-3-13(11-16(15)24(19(20)26)14-4-5-14)17(21)23-18(25)12-7-9-22-10-8-12/h3,6-11,14H,4-5H2,1-2H3,(H2,21,23,25). The van der Waals surface area contributed by atoms with Gasteiger partial charge in [-0.05, 0) is 50.5 Å². The number of aliphatic imine (C=N–C) groups is 1. The van der Waals surface area contributed by atoms with Crippen LogP contribution >= 0.6 is 0 Å². The van der Waals surface area contributed by atoms with Crippen molar-refractivity contribution in [1.82, 2.24) is 4.98 Å². The van der Waals surface area contributed by atoms with Crippen LogP contribution < -0.4 is 10.6 Å². The van der Waals surface area contributed by atoms with Gasteiger partial charge in [-0.15, -0.1) is 0 Å². The van der Waals surface area contributed by atoms with Crippen molar-refractivity contribution in [1.29, 1.82) is 0 Å². The molecule has 1 fully saturated rings. The molecule has 6 heteroatoms. The number of nitrogens with two attached hydrogens (primary N) is 1. The third-order valence-corrected chi connectivity index (χ3v) is 5.04. The summed E-state index contributed by atoms with van der Waals surface area (Å²) in [7, 11) is 0. The number of carbonyl (C=O) groups excluding carboxylic acids is 2. The first-order valence-electron chi connectivity index (χ1n) is 8.66. The van der Waals surface area contributed by atoms with Crippen molar-refractivity contribution in [3.8, 4) is 0 Å². The summed E-state index contributed by atoms with van der Waals surface area (Å²) in [5.74, 6) is -0.154. The monoisotopic (exact) mass is 348 g/mol. The molecule has 1 saturated carbocycles. The predicted octanol–water partition coefficient (Wildman–Crippen LogP) is 2.41. The van der Waals surface area contributed by atoms with Crippen molar-refractivity contribution in [3.63, 3.8) is 0 Å². The molecule has 0 saturated heterocycles. The smallest absolute Gasteiger partial charge is 0.279 e. The van der Waals surface area contributed by atoms with Gasteiger partial charge in [-0.3, -0.25) is 14.6 Å². The van der Waals surface area contributed by atoms with Crippen molar-refractivity contribution >= 4 is 23.3 Å². The average Bonchev–Trinajstić information content (AvgIpc) is 3.44. The molecule has 1 aliphatic carbocycles.